The van der Waals surface area contributed by atoms with Gasteiger partial charge in [-0.05, 0) is 39.2 Å². The Kier molecular flexibility index (Phi) is 5.83. The molecule has 2 saturated heterocycles. The summed E-state index contributed by atoms with van der Waals surface area (Å²) in [5, 5.41) is 6.45. The Morgan fingerprint density at radius 3 is 2.90 bits per heavy atom. The zero-order valence-corrected chi connectivity index (χ0v) is 12.5. The lowest BCUT2D eigenvalue weighted by Crippen LogP contribution is -2.54. The first-order valence-corrected chi connectivity index (χ1v) is 7.97. The summed E-state index contributed by atoms with van der Waals surface area (Å²) in [4.78, 5) is 25.9. The Morgan fingerprint density at radius 1 is 1.30 bits per heavy atom. The van der Waals surface area contributed by atoms with Crippen molar-refractivity contribution < 1.29 is 9.59 Å². The fourth-order valence-corrected chi connectivity index (χ4v) is 3.05. The van der Waals surface area contributed by atoms with Crippen LogP contribution in [0.1, 0.15) is 51.9 Å². The zero-order chi connectivity index (χ0) is 14.4. The minimum Gasteiger partial charge on any atom is -0.350 e. The number of rotatable bonds is 3. The number of nitrogens with zero attached hydrogens (tertiary/aromatic N) is 1. The predicted molar refractivity (Wildman–Crippen MR) is 78.3 cm³/mol. The van der Waals surface area contributed by atoms with Crippen LogP contribution in [0.4, 0.5) is 0 Å². The van der Waals surface area contributed by atoms with Crippen molar-refractivity contribution in [2.24, 2.45) is 0 Å². The molecule has 0 aromatic rings. The van der Waals surface area contributed by atoms with E-state index in [1.54, 1.807) is 4.90 Å². The zero-order valence-electron chi connectivity index (χ0n) is 12.5. The van der Waals surface area contributed by atoms with Crippen molar-refractivity contribution in [2.45, 2.75) is 64.0 Å². The smallest absolute Gasteiger partial charge is 0.239 e. The van der Waals surface area contributed by atoms with E-state index in [-0.39, 0.29) is 24.4 Å². The topological polar surface area (TPSA) is 61.4 Å². The van der Waals surface area contributed by atoms with Crippen molar-refractivity contribution in [3.8, 4) is 0 Å². The first kappa shape index (κ1) is 15.3. The van der Waals surface area contributed by atoms with Crippen LogP contribution in [0.2, 0.25) is 0 Å². The molecule has 2 aliphatic heterocycles. The lowest BCUT2D eigenvalue weighted by Gasteiger charge is -2.32. The number of hydrogen-bond donors (Lipinski definition) is 2. The summed E-state index contributed by atoms with van der Waals surface area (Å²) in [6, 6.07) is 0.511. The molecule has 0 aromatic carbocycles. The summed E-state index contributed by atoms with van der Waals surface area (Å²) in [5.41, 5.74) is 0. The normalized spacial score (nSPS) is 28.6. The van der Waals surface area contributed by atoms with E-state index >= 15 is 0 Å². The van der Waals surface area contributed by atoms with Crippen LogP contribution in [-0.2, 0) is 9.59 Å². The molecule has 5 nitrogen and oxygen atoms in total. The van der Waals surface area contributed by atoms with Crippen molar-refractivity contribution in [1.29, 1.82) is 0 Å². The first-order valence-electron chi connectivity index (χ1n) is 7.97. The number of amides is 2. The van der Waals surface area contributed by atoms with Crippen LogP contribution in [0.15, 0.2) is 0 Å². The Balaban J connectivity index is 1.81. The highest BCUT2D eigenvalue weighted by Gasteiger charge is 2.24. The van der Waals surface area contributed by atoms with Gasteiger partial charge in [0.05, 0.1) is 6.54 Å². The third-order valence-corrected chi connectivity index (χ3v) is 4.36. The van der Waals surface area contributed by atoms with Crippen molar-refractivity contribution in [1.82, 2.24) is 15.5 Å². The molecule has 0 aliphatic carbocycles. The highest BCUT2D eigenvalue weighted by atomic mass is 16.2. The Morgan fingerprint density at radius 2 is 2.10 bits per heavy atom. The van der Waals surface area contributed by atoms with E-state index in [9.17, 15) is 9.59 Å². The van der Waals surface area contributed by atoms with Gasteiger partial charge in [0.15, 0.2) is 0 Å². The SMILES string of the molecule is CC1NCCCC1NC(=O)CN1CCCCCCC1=O. The molecule has 2 rings (SSSR count). The minimum atomic E-state index is -0.0144. The van der Waals surface area contributed by atoms with Crippen molar-refractivity contribution in [2.75, 3.05) is 19.6 Å². The fraction of sp³-hybridized carbons (Fsp3) is 0.867. The van der Waals surface area contributed by atoms with Gasteiger partial charge in [0.2, 0.25) is 11.8 Å². The molecule has 2 heterocycles. The summed E-state index contributed by atoms with van der Waals surface area (Å²) in [6.45, 7) is 4.08. The number of carbonyl (C=O) groups excluding carboxylic acids is 2. The number of piperidine rings is 1. The molecule has 0 spiro atoms. The summed E-state index contributed by atoms with van der Waals surface area (Å²) in [6.07, 6.45) is 6.98. The minimum absolute atomic E-state index is 0.0144. The van der Waals surface area contributed by atoms with Crippen LogP contribution in [0, 0.1) is 0 Å². The van der Waals surface area contributed by atoms with Crippen molar-refractivity contribution in [3.05, 3.63) is 0 Å². The average molecular weight is 281 g/mol. The van der Waals surface area contributed by atoms with Crippen molar-refractivity contribution in [3.63, 3.8) is 0 Å². The summed E-state index contributed by atoms with van der Waals surface area (Å²) in [7, 11) is 0. The molecule has 0 bridgehead atoms. The number of likely N-dealkylation sites (tertiary alicyclic amines) is 1. The molecule has 2 fully saturated rings. The molecule has 2 aliphatic rings. The number of hydrogen-bond acceptors (Lipinski definition) is 3. The van der Waals surface area contributed by atoms with Gasteiger partial charge >= 0.3 is 0 Å². The van der Waals surface area contributed by atoms with Gasteiger partial charge in [0.25, 0.3) is 0 Å². The predicted octanol–water partition coefficient (Wildman–Crippen LogP) is 1.04. The monoisotopic (exact) mass is 281 g/mol. The first-order chi connectivity index (χ1) is 9.66. The molecule has 20 heavy (non-hydrogen) atoms. The second-order valence-corrected chi connectivity index (χ2v) is 6.04. The summed E-state index contributed by atoms with van der Waals surface area (Å²) >= 11 is 0. The van der Waals surface area contributed by atoms with Gasteiger partial charge < -0.3 is 15.5 Å². The maximum atomic E-state index is 12.1. The lowest BCUT2D eigenvalue weighted by molar-refractivity contribution is -0.136. The van der Waals surface area contributed by atoms with Crippen LogP contribution in [0.3, 0.4) is 0 Å². The third-order valence-electron chi connectivity index (χ3n) is 4.36. The summed E-state index contributed by atoms with van der Waals surface area (Å²) in [5.74, 6) is 0.120. The van der Waals surface area contributed by atoms with E-state index in [0.717, 1.165) is 51.6 Å². The van der Waals surface area contributed by atoms with E-state index < -0.39 is 0 Å². The molecule has 2 amide bonds. The van der Waals surface area contributed by atoms with Crippen LogP contribution < -0.4 is 10.6 Å². The Hall–Kier alpha value is -1.10. The standard InChI is InChI=1S/C15H27N3O2/c1-12-13(7-6-9-16-12)17-14(19)11-18-10-5-3-2-4-8-15(18)20/h12-13,16H,2-11H2,1H3,(H,17,19). The van der Waals surface area contributed by atoms with E-state index in [2.05, 4.69) is 17.6 Å². The highest BCUT2D eigenvalue weighted by molar-refractivity contribution is 5.85. The number of nitrogens with one attached hydrogen (secondary N) is 2. The second kappa shape index (κ2) is 7.62. The maximum Gasteiger partial charge on any atom is 0.239 e. The van der Waals surface area contributed by atoms with Crippen LogP contribution in [-0.4, -0.2) is 48.4 Å². The summed E-state index contributed by atoms with van der Waals surface area (Å²) < 4.78 is 0. The van der Waals surface area contributed by atoms with Crippen LogP contribution >= 0.6 is 0 Å². The van der Waals surface area contributed by atoms with Crippen LogP contribution in [0.5, 0.6) is 0 Å². The van der Waals surface area contributed by atoms with Gasteiger partial charge in [-0.15, -0.1) is 0 Å². The Bertz CT molecular complexity index is 346. The van der Waals surface area contributed by atoms with Gasteiger partial charge in [0.1, 0.15) is 0 Å². The molecular weight excluding hydrogens is 254 g/mol. The third kappa shape index (κ3) is 4.47. The average Bonchev–Trinajstić information content (AvgIpc) is 2.41. The van der Waals surface area contributed by atoms with Crippen molar-refractivity contribution >= 4 is 11.8 Å². The van der Waals surface area contributed by atoms with E-state index in [1.807, 2.05) is 0 Å². The molecular formula is C15H27N3O2. The van der Waals surface area contributed by atoms with E-state index in [4.69, 9.17) is 0 Å². The van der Waals surface area contributed by atoms with E-state index in [0.29, 0.717) is 12.5 Å². The molecule has 5 heteroatoms. The maximum absolute atomic E-state index is 12.1. The highest BCUT2D eigenvalue weighted by Crippen LogP contribution is 2.12. The van der Waals surface area contributed by atoms with E-state index in [1.165, 1.54) is 0 Å². The van der Waals surface area contributed by atoms with Crippen LogP contribution in [0.25, 0.3) is 0 Å². The molecule has 2 atom stereocenters. The molecule has 0 saturated carbocycles. The van der Waals surface area contributed by atoms with Gasteiger partial charge in [-0.25, -0.2) is 0 Å². The van der Waals surface area contributed by atoms with Gasteiger partial charge in [-0.1, -0.05) is 12.8 Å². The van der Waals surface area contributed by atoms with Gasteiger partial charge in [0, 0.05) is 25.0 Å². The largest absolute Gasteiger partial charge is 0.350 e. The lowest BCUT2D eigenvalue weighted by atomic mass is 10.00. The molecule has 0 aromatic heterocycles. The molecule has 114 valence electrons. The second-order valence-electron chi connectivity index (χ2n) is 6.04. The molecule has 0 radical (unpaired) electrons. The van der Waals surface area contributed by atoms with Gasteiger partial charge in [-0.3, -0.25) is 9.59 Å². The number of carbonyl (C=O) groups is 2. The quantitative estimate of drug-likeness (QED) is 0.812. The molecule has 2 N–H and O–H groups in total. The fourth-order valence-electron chi connectivity index (χ4n) is 3.05. The van der Waals surface area contributed by atoms with Gasteiger partial charge in [-0.2, -0.15) is 0 Å². The molecule has 2 unspecified atom stereocenters. The Labute approximate surface area is 121 Å².